The molecule has 0 fully saturated rings. The van der Waals surface area contributed by atoms with E-state index in [1.165, 1.54) is 6.20 Å². The van der Waals surface area contributed by atoms with Gasteiger partial charge in [0.05, 0.1) is 6.20 Å². The quantitative estimate of drug-likeness (QED) is 0.802. The molecule has 1 aromatic rings. The Morgan fingerprint density at radius 2 is 2.19 bits per heavy atom. The van der Waals surface area contributed by atoms with Crippen molar-refractivity contribution in [3.05, 3.63) is 29.8 Å². The molecule has 1 rings (SSSR count). The first-order chi connectivity index (χ1) is 7.69. The first kappa shape index (κ1) is 13.1. The van der Waals surface area contributed by atoms with E-state index in [0.717, 1.165) is 24.9 Å². The minimum absolute atomic E-state index is 0.1000. The number of hydrogen-bond acceptors (Lipinski definition) is 2. The minimum Gasteiger partial charge on any atom is -0.310 e. The highest BCUT2D eigenvalue weighted by Gasteiger charge is 2.16. The molecule has 90 valence electrons. The van der Waals surface area contributed by atoms with E-state index in [2.05, 4.69) is 24.1 Å². The number of rotatable bonds is 6. The molecule has 0 saturated carbocycles. The topological polar surface area (TPSA) is 24.9 Å². The molecule has 0 saturated heterocycles. The van der Waals surface area contributed by atoms with Crippen LogP contribution in [0.15, 0.2) is 18.5 Å². The summed E-state index contributed by atoms with van der Waals surface area (Å²) in [5, 5.41) is 3.34. The molecule has 2 atom stereocenters. The third-order valence-electron chi connectivity index (χ3n) is 2.96. The zero-order valence-electron chi connectivity index (χ0n) is 10.3. The lowest BCUT2D eigenvalue weighted by atomic mass is 9.94. The zero-order chi connectivity index (χ0) is 12.0. The maximum absolute atomic E-state index is 13.6. The van der Waals surface area contributed by atoms with Gasteiger partial charge in [0.2, 0.25) is 0 Å². The molecule has 0 aliphatic heterocycles. The molecule has 0 spiro atoms. The van der Waals surface area contributed by atoms with Crippen LogP contribution in [0.1, 0.15) is 45.2 Å². The smallest absolute Gasteiger partial charge is 0.146 e. The van der Waals surface area contributed by atoms with Crippen molar-refractivity contribution in [3.63, 3.8) is 0 Å². The monoisotopic (exact) mass is 224 g/mol. The summed E-state index contributed by atoms with van der Waals surface area (Å²) in [4.78, 5) is 3.78. The molecule has 1 N–H and O–H groups in total. The third-order valence-corrected chi connectivity index (χ3v) is 2.96. The molecule has 1 heterocycles. The molecule has 3 heteroatoms. The highest BCUT2D eigenvalue weighted by atomic mass is 19.1. The second-order valence-corrected chi connectivity index (χ2v) is 4.26. The van der Waals surface area contributed by atoms with Crippen LogP contribution in [0.3, 0.4) is 0 Å². The van der Waals surface area contributed by atoms with Crippen LogP contribution in [0, 0.1) is 11.7 Å². The average Bonchev–Trinajstić information content (AvgIpc) is 2.29. The molecule has 16 heavy (non-hydrogen) atoms. The van der Waals surface area contributed by atoms with Crippen molar-refractivity contribution in [2.45, 2.75) is 39.7 Å². The van der Waals surface area contributed by atoms with E-state index in [-0.39, 0.29) is 11.9 Å². The van der Waals surface area contributed by atoms with Crippen LogP contribution in [0.5, 0.6) is 0 Å². The van der Waals surface area contributed by atoms with Gasteiger partial charge in [-0.3, -0.25) is 4.98 Å². The fraction of sp³-hybridized carbons (Fsp3) is 0.615. The molecule has 0 radical (unpaired) electrons. The van der Waals surface area contributed by atoms with E-state index in [0.29, 0.717) is 5.92 Å². The van der Waals surface area contributed by atoms with E-state index in [9.17, 15) is 4.39 Å². The molecule has 1 aromatic heterocycles. The molecule has 2 unspecified atom stereocenters. The van der Waals surface area contributed by atoms with Crippen molar-refractivity contribution in [1.29, 1.82) is 0 Å². The minimum atomic E-state index is -0.211. The molecule has 0 aromatic carbocycles. The SMILES string of the molecule is CCNC(CC(C)CC)c1ccncc1F. The van der Waals surface area contributed by atoms with E-state index in [4.69, 9.17) is 0 Å². The Morgan fingerprint density at radius 1 is 1.44 bits per heavy atom. The number of nitrogens with zero attached hydrogens (tertiary/aromatic N) is 1. The standard InChI is InChI=1S/C13H21FN2/c1-4-10(3)8-13(16-5-2)11-6-7-15-9-12(11)14/h6-7,9-10,13,16H,4-5,8H2,1-3H3. The van der Waals surface area contributed by atoms with Crippen LogP contribution in [-0.4, -0.2) is 11.5 Å². The summed E-state index contributed by atoms with van der Waals surface area (Å²) in [5.41, 5.74) is 0.733. The molecular formula is C13H21FN2. The Kier molecular flexibility index (Phi) is 5.39. The van der Waals surface area contributed by atoms with Crippen LogP contribution < -0.4 is 5.32 Å². The Balaban J connectivity index is 2.80. The summed E-state index contributed by atoms with van der Waals surface area (Å²) >= 11 is 0. The first-order valence-corrected chi connectivity index (χ1v) is 6.01. The first-order valence-electron chi connectivity index (χ1n) is 6.01. The van der Waals surface area contributed by atoms with Crippen LogP contribution >= 0.6 is 0 Å². The Morgan fingerprint density at radius 3 is 2.75 bits per heavy atom. The van der Waals surface area contributed by atoms with Gasteiger partial charge < -0.3 is 5.32 Å². The summed E-state index contributed by atoms with van der Waals surface area (Å²) in [6.45, 7) is 7.26. The Bertz CT molecular complexity index is 315. The maximum atomic E-state index is 13.6. The molecule has 0 amide bonds. The van der Waals surface area contributed by atoms with Gasteiger partial charge in [-0.05, 0) is 24.9 Å². The highest BCUT2D eigenvalue weighted by molar-refractivity contribution is 5.17. The number of aromatic nitrogens is 1. The lowest BCUT2D eigenvalue weighted by Gasteiger charge is -2.21. The largest absolute Gasteiger partial charge is 0.310 e. The fourth-order valence-corrected chi connectivity index (χ4v) is 1.80. The predicted octanol–water partition coefficient (Wildman–Crippen LogP) is 3.31. The van der Waals surface area contributed by atoms with E-state index >= 15 is 0 Å². The highest BCUT2D eigenvalue weighted by Crippen LogP contribution is 2.24. The van der Waals surface area contributed by atoms with Gasteiger partial charge in [0.25, 0.3) is 0 Å². The Hall–Kier alpha value is -0.960. The van der Waals surface area contributed by atoms with Crippen LogP contribution in [-0.2, 0) is 0 Å². The van der Waals surface area contributed by atoms with Gasteiger partial charge in [-0.15, -0.1) is 0 Å². The van der Waals surface area contributed by atoms with Crippen molar-refractivity contribution in [2.75, 3.05) is 6.54 Å². The van der Waals surface area contributed by atoms with Crippen molar-refractivity contribution in [3.8, 4) is 0 Å². The predicted molar refractivity (Wildman–Crippen MR) is 64.7 cm³/mol. The van der Waals surface area contributed by atoms with Crippen molar-refractivity contribution >= 4 is 0 Å². The van der Waals surface area contributed by atoms with E-state index in [1.807, 2.05) is 6.92 Å². The van der Waals surface area contributed by atoms with E-state index < -0.39 is 0 Å². The van der Waals surface area contributed by atoms with Gasteiger partial charge in [-0.2, -0.15) is 0 Å². The van der Waals surface area contributed by atoms with Crippen molar-refractivity contribution < 1.29 is 4.39 Å². The van der Waals surface area contributed by atoms with Gasteiger partial charge in [0.1, 0.15) is 5.82 Å². The van der Waals surface area contributed by atoms with Crippen molar-refractivity contribution in [2.24, 2.45) is 5.92 Å². The lowest BCUT2D eigenvalue weighted by molar-refractivity contribution is 0.397. The number of halogens is 1. The summed E-state index contributed by atoms with van der Waals surface area (Å²) in [5.74, 6) is 0.383. The summed E-state index contributed by atoms with van der Waals surface area (Å²) in [7, 11) is 0. The summed E-state index contributed by atoms with van der Waals surface area (Å²) in [6.07, 6.45) is 5.02. The Labute approximate surface area is 97.3 Å². The average molecular weight is 224 g/mol. The van der Waals surface area contributed by atoms with Crippen molar-refractivity contribution in [1.82, 2.24) is 10.3 Å². The molecule has 2 nitrogen and oxygen atoms in total. The number of nitrogens with one attached hydrogen (secondary N) is 1. The zero-order valence-corrected chi connectivity index (χ0v) is 10.3. The fourth-order valence-electron chi connectivity index (χ4n) is 1.80. The normalized spacial score (nSPS) is 14.8. The second kappa shape index (κ2) is 6.59. The lowest BCUT2D eigenvalue weighted by Crippen LogP contribution is -2.23. The third kappa shape index (κ3) is 3.56. The summed E-state index contributed by atoms with van der Waals surface area (Å²) in [6, 6.07) is 1.87. The maximum Gasteiger partial charge on any atom is 0.146 e. The molecule has 0 aliphatic rings. The second-order valence-electron chi connectivity index (χ2n) is 4.26. The molecular weight excluding hydrogens is 203 g/mol. The summed E-state index contributed by atoms with van der Waals surface area (Å²) < 4.78 is 13.6. The van der Waals surface area contributed by atoms with Gasteiger partial charge >= 0.3 is 0 Å². The van der Waals surface area contributed by atoms with E-state index in [1.54, 1.807) is 12.3 Å². The van der Waals surface area contributed by atoms with Crippen LogP contribution in [0.2, 0.25) is 0 Å². The van der Waals surface area contributed by atoms with Gasteiger partial charge in [0, 0.05) is 17.8 Å². The van der Waals surface area contributed by atoms with Gasteiger partial charge in [0.15, 0.2) is 0 Å². The number of hydrogen-bond donors (Lipinski definition) is 1. The van der Waals surface area contributed by atoms with Gasteiger partial charge in [-0.25, -0.2) is 4.39 Å². The molecule has 0 aliphatic carbocycles. The van der Waals surface area contributed by atoms with Crippen LogP contribution in [0.25, 0.3) is 0 Å². The molecule has 0 bridgehead atoms. The van der Waals surface area contributed by atoms with Gasteiger partial charge in [-0.1, -0.05) is 27.2 Å². The van der Waals surface area contributed by atoms with Crippen LogP contribution in [0.4, 0.5) is 4.39 Å². The number of pyridine rings is 1.